The molecule has 7 heteroatoms. The lowest BCUT2D eigenvalue weighted by atomic mass is 9.99. The van der Waals surface area contributed by atoms with Gasteiger partial charge in [-0.15, -0.1) is 0 Å². The summed E-state index contributed by atoms with van der Waals surface area (Å²) in [5.41, 5.74) is 2.48. The Morgan fingerprint density at radius 2 is 2.00 bits per heavy atom. The van der Waals surface area contributed by atoms with Gasteiger partial charge in [-0.05, 0) is 24.0 Å². The van der Waals surface area contributed by atoms with E-state index >= 15 is 0 Å². The normalized spacial score (nSPS) is 19.0. The molecule has 2 N–H and O–H groups in total. The Labute approximate surface area is 125 Å². The Bertz CT molecular complexity index is 574. The number of benzene rings is 1. The fourth-order valence-electron chi connectivity index (χ4n) is 2.60. The first-order valence-electron chi connectivity index (χ1n) is 7.02. The molecule has 1 aliphatic rings. The molecule has 0 saturated carbocycles. The lowest BCUT2D eigenvalue weighted by Crippen LogP contribution is -2.43. The predicted molar refractivity (Wildman–Crippen MR) is 78.1 cm³/mol. The summed E-state index contributed by atoms with van der Waals surface area (Å²) in [6, 6.07) is 8.09. The smallest absolute Gasteiger partial charge is 0.390 e. The zero-order valence-corrected chi connectivity index (χ0v) is 12.8. The molecule has 0 aliphatic carbocycles. The lowest BCUT2D eigenvalue weighted by molar-refractivity contribution is 0.00674. The van der Waals surface area contributed by atoms with Gasteiger partial charge in [0.2, 0.25) is 0 Å². The summed E-state index contributed by atoms with van der Waals surface area (Å²) in [7, 11) is -4.58. The minimum atomic E-state index is -4.58. The fraction of sp³-hybridized carbons (Fsp3) is 0.571. The summed E-state index contributed by atoms with van der Waals surface area (Å²) in [5.74, 6) is 0. The number of hydrogen-bond donors (Lipinski definition) is 2. The summed E-state index contributed by atoms with van der Waals surface area (Å²) >= 11 is 0. The van der Waals surface area contributed by atoms with Gasteiger partial charge in [-0.2, -0.15) is 8.42 Å². The van der Waals surface area contributed by atoms with E-state index in [0.717, 1.165) is 13.0 Å². The molecule has 6 nitrogen and oxygen atoms in total. The highest BCUT2D eigenvalue weighted by atomic mass is 32.3. The largest absolute Gasteiger partial charge is 0.397 e. The highest BCUT2D eigenvalue weighted by Crippen LogP contribution is 2.20. The van der Waals surface area contributed by atoms with Crippen molar-refractivity contribution >= 4 is 10.4 Å². The SMILES string of the molecule is CCC(O)C(CN1CCc2ccccc2C1)OS(=O)(=O)O. The first-order valence-corrected chi connectivity index (χ1v) is 8.38. The predicted octanol–water partition coefficient (Wildman–Crippen LogP) is 1.00. The minimum Gasteiger partial charge on any atom is -0.390 e. The Morgan fingerprint density at radius 3 is 2.62 bits per heavy atom. The molecule has 0 saturated heterocycles. The number of nitrogens with zero attached hydrogens (tertiary/aromatic N) is 1. The molecule has 2 unspecified atom stereocenters. The van der Waals surface area contributed by atoms with Gasteiger partial charge in [-0.1, -0.05) is 31.2 Å². The number of fused-ring (bicyclic) bond motifs is 1. The number of aliphatic hydroxyl groups excluding tert-OH is 1. The van der Waals surface area contributed by atoms with Crippen LogP contribution in [0.4, 0.5) is 0 Å². The average molecular weight is 315 g/mol. The van der Waals surface area contributed by atoms with Gasteiger partial charge < -0.3 is 5.11 Å². The Morgan fingerprint density at radius 1 is 1.33 bits per heavy atom. The van der Waals surface area contributed by atoms with E-state index in [4.69, 9.17) is 4.55 Å². The van der Waals surface area contributed by atoms with Gasteiger partial charge in [-0.3, -0.25) is 9.45 Å². The molecule has 0 aromatic heterocycles. The third kappa shape index (κ3) is 4.76. The third-order valence-electron chi connectivity index (χ3n) is 3.74. The zero-order chi connectivity index (χ0) is 15.5. The summed E-state index contributed by atoms with van der Waals surface area (Å²) in [4.78, 5) is 2.02. The van der Waals surface area contributed by atoms with Gasteiger partial charge in [0.1, 0.15) is 6.10 Å². The van der Waals surface area contributed by atoms with E-state index < -0.39 is 22.6 Å². The molecule has 0 amide bonds. The number of aliphatic hydroxyl groups is 1. The molecule has 1 aromatic rings. The van der Waals surface area contributed by atoms with Gasteiger partial charge >= 0.3 is 10.4 Å². The van der Waals surface area contributed by atoms with Crippen LogP contribution >= 0.6 is 0 Å². The van der Waals surface area contributed by atoms with Crippen LogP contribution in [-0.2, 0) is 27.5 Å². The molecule has 0 bridgehead atoms. The topological polar surface area (TPSA) is 87.1 Å². The minimum absolute atomic E-state index is 0.253. The van der Waals surface area contributed by atoms with Crippen molar-refractivity contribution in [2.24, 2.45) is 0 Å². The highest BCUT2D eigenvalue weighted by molar-refractivity contribution is 7.80. The van der Waals surface area contributed by atoms with E-state index in [9.17, 15) is 13.5 Å². The summed E-state index contributed by atoms with van der Waals surface area (Å²) in [6.45, 7) is 3.43. The van der Waals surface area contributed by atoms with E-state index in [1.807, 2.05) is 23.1 Å². The summed E-state index contributed by atoms with van der Waals surface area (Å²) in [5, 5.41) is 9.88. The van der Waals surface area contributed by atoms with Crippen molar-refractivity contribution in [2.75, 3.05) is 13.1 Å². The molecule has 0 radical (unpaired) electrons. The maximum absolute atomic E-state index is 10.9. The Balaban J connectivity index is 2.04. The molecule has 1 heterocycles. The second-order valence-corrected chi connectivity index (χ2v) is 6.34. The first kappa shape index (κ1) is 16.4. The molecule has 1 aromatic carbocycles. The number of hydrogen-bond acceptors (Lipinski definition) is 5. The first-order chi connectivity index (χ1) is 9.89. The van der Waals surface area contributed by atoms with Gasteiger partial charge in [0.25, 0.3) is 0 Å². The highest BCUT2D eigenvalue weighted by Gasteiger charge is 2.28. The van der Waals surface area contributed by atoms with E-state index in [2.05, 4.69) is 10.2 Å². The third-order valence-corrected chi connectivity index (χ3v) is 4.23. The van der Waals surface area contributed by atoms with Crippen molar-refractivity contribution in [3.8, 4) is 0 Å². The van der Waals surface area contributed by atoms with Crippen LogP contribution in [0.25, 0.3) is 0 Å². The fourth-order valence-corrected chi connectivity index (χ4v) is 3.10. The molecule has 2 atom stereocenters. The second kappa shape index (κ2) is 6.85. The van der Waals surface area contributed by atoms with Crippen LogP contribution in [0.2, 0.25) is 0 Å². The molecule has 0 fully saturated rings. The van der Waals surface area contributed by atoms with Crippen LogP contribution in [0.15, 0.2) is 24.3 Å². The average Bonchev–Trinajstić information content (AvgIpc) is 2.44. The molecule has 2 rings (SSSR count). The summed E-state index contributed by atoms with van der Waals surface area (Å²) in [6.07, 6.45) is -0.680. The Hall–Kier alpha value is -0.990. The Kier molecular flexibility index (Phi) is 5.34. The maximum atomic E-state index is 10.9. The van der Waals surface area contributed by atoms with Crippen LogP contribution in [-0.4, -0.2) is 48.3 Å². The van der Waals surface area contributed by atoms with Crippen molar-refractivity contribution in [1.29, 1.82) is 0 Å². The second-order valence-electron chi connectivity index (χ2n) is 5.29. The molecule has 118 valence electrons. The maximum Gasteiger partial charge on any atom is 0.397 e. The summed E-state index contributed by atoms with van der Waals surface area (Å²) < 4.78 is 35.3. The molecular formula is C14H21NO5S. The molecule has 21 heavy (non-hydrogen) atoms. The van der Waals surface area contributed by atoms with Gasteiger partial charge in [-0.25, -0.2) is 4.18 Å². The quantitative estimate of drug-likeness (QED) is 0.762. The van der Waals surface area contributed by atoms with Gasteiger partial charge in [0, 0.05) is 19.6 Å². The van der Waals surface area contributed by atoms with Crippen molar-refractivity contribution in [3.63, 3.8) is 0 Å². The van der Waals surface area contributed by atoms with Crippen LogP contribution in [0.5, 0.6) is 0 Å². The van der Waals surface area contributed by atoms with E-state index in [0.29, 0.717) is 13.0 Å². The monoisotopic (exact) mass is 315 g/mol. The van der Waals surface area contributed by atoms with Crippen LogP contribution in [0.1, 0.15) is 24.5 Å². The lowest BCUT2D eigenvalue weighted by Gasteiger charge is -2.32. The van der Waals surface area contributed by atoms with Gasteiger partial charge in [0.15, 0.2) is 0 Å². The molecule has 0 spiro atoms. The van der Waals surface area contributed by atoms with Crippen molar-refractivity contribution in [3.05, 3.63) is 35.4 Å². The number of rotatable bonds is 6. The van der Waals surface area contributed by atoms with Crippen LogP contribution < -0.4 is 0 Å². The van der Waals surface area contributed by atoms with Crippen molar-refractivity contribution < 1.29 is 22.3 Å². The zero-order valence-electron chi connectivity index (χ0n) is 12.0. The van der Waals surface area contributed by atoms with E-state index in [-0.39, 0.29) is 6.54 Å². The van der Waals surface area contributed by atoms with Crippen LogP contribution in [0.3, 0.4) is 0 Å². The standard InChI is InChI=1S/C14H21NO5S/c1-2-13(16)14(20-21(17,18)19)10-15-8-7-11-5-3-4-6-12(11)9-15/h3-6,13-14,16H,2,7-10H2,1H3,(H,17,18,19). The molecule has 1 aliphatic heterocycles. The van der Waals surface area contributed by atoms with Crippen LogP contribution in [0, 0.1) is 0 Å². The molecular weight excluding hydrogens is 294 g/mol. The van der Waals surface area contributed by atoms with E-state index in [1.165, 1.54) is 11.1 Å². The van der Waals surface area contributed by atoms with Crippen molar-refractivity contribution in [2.45, 2.75) is 38.5 Å². The van der Waals surface area contributed by atoms with Gasteiger partial charge in [0.05, 0.1) is 6.10 Å². The van der Waals surface area contributed by atoms with E-state index in [1.54, 1.807) is 6.92 Å². The van der Waals surface area contributed by atoms with Crippen molar-refractivity contribution in [1.82, 2.24) is 4.90 Å².